The first kappa shape index (κ1) is 9.65. The molecule has 0 radical (unpaired) electrons. The highest BCUT2D eigenvalue weighted by atomic mass is 15.0. The molecule has 2 fully saturated rings. The zero-order valence-corrected chi connectivity index (χ0v) is 9.19. The van der Waals surface area contributed by atoms with E-state index in [1.807, 2.05) is 12.1 Å². The van der Waals surface area contributed by atoms with E-state index in [0.29, 0.717) is 11.6 Å². The number of nitriles is 1. The van der Waals surface area contributed by atoms with Gasteiger partial charge in [-0.05, 0) is 49.7 Å². The lowest BCUT2D eigenvalue weighted by atomic mass is 10.1. The van der Waals surface area contributed by atoms with Gasteiger partial charge in [-0.15, -0.1) is 0 Å². The van der Waals surface area contributed by atoms with Crippen molar-refractivity contribution in [3.8, 4) is 6.07 Å². The first-order valence-electron chi connectivity index (χ1n) is 5.99. The standard InChI is InChI=1S/C13H15N3/c14-7-9-1-6-12(15-8-9)16-13(10-2-3-10)11-4-5-11/h1,6,8,10-11,13H,2-5H2,(H,15,16). The molecule has 3 rings (SSSR count). The highest BCUT2D eigenvalue weighted by molar-refractivity contribution is 5.40. The molecule has 3 heteroatoms. The predicted molar refractivity (Wildman–Crippen MR) is 61.8 cm³/mol. The molecule has 16 heavy (non-hydrogen) atoms. The van der Waals surface area contributed by atoms with Crippen molar-refractivity contribution in [3.05, 3.63) is 23.9 Å². The number of nitrogens with one attached hydrogen (secondary N) is 1. The topological polar surface area (TPSA) is 48.7 Å². The molecule has 0 atom stereocenters. The number of rotatable bonds is 4. The van der Waals surface area contributed by atoms with Gasteiger partial charge in [0.1, 0.15) is 11.9 Å². The van der Waals surface area contributed by atoms with Crippen LogP contribution in [0.4, 0.5) is 5.82 Å². The second-order valence-corrected chi connectivity index (χ2v) is 4.89. The molecule has 0 unspecified atom stereocenters. The molecule has 2 saturated carbocycles. The Morgan fingerprint density at radius 1 is 1.25 bits per heavy atom. The highest BCUT2D eigenvalue weighted by Gasteiger charge is 2.41. The molecular formula is C13H15N3. The minimum absolute atomic E-state index is 0.625. The maximum atomic E-state index is 8.70. The van der Waals surface area contributed by atoms with Crippen molar-refractivity contribution in [2.75, 3.05) is 5.32 Å². The maximum absolute atomic E-state index is 8.70. The fraction of sp³-hybridized carbons (Fsp3) is 0.538. The number of pyridine rings is 1. The molecule has 1 aromatic rings. The first-order chi connectivity index (χ1) is 7.86. The van der Waals surface area contributed by atoms with Crippen molar-refractivity contribution in [2.45, 2.75) is 31.7 Å². The Labute approximate surface area is 95.5 Å². The summed E-state index contributed by atoms with van der Waals surface area (Å²) in [7, 11) is 0. The fourth-order valence-corrected chi connectivity index (χ4v) is 2.25. The molecule has 1 N–H and O–H groups in total. The van der Waals surface area contributed by atoms with Crippen LogP contribution < -0.4 is 5.32 Å². The molecule has 0 spiro atoms. The van der Waals surface area contributed by atoms with Crippen LogP contribution in [-0.2, 0) is 0 Å². The number of aromatic nitrogens is 1. The van der Waals surface area contributed by atoms with Crippen LogP contribution in [-0.4, -0.2) is 11.0 Å². The van der Waals surface area contributed by atoms with Crippen molar-refractivity contribution in [3.63, 3.8) is 0 Å². The number of nitrogens with zero attached hydrogens (tertiary/aromatic N) is 2. The summed E-state index contributed by atoms with van der Waals surface area (Å²) in [6.45, 7) is 0. The lowest BCUT2D eigenvalue weighted by Crippen LogP contribution is -2.24. The van der Waals surface area contributed by atoms with Gasteiger partial charge in [-0.1, -0.05) is 0 Å². The third-order valence-electron chi connectivity index (χ3n) is 3.47. The third kappa shape index (κ3) is 2.01. The molecule has 82 valence electrons. The number of hydrogen-bond acceptors (Lipinski definition) is 3. The van der Waals surface area contributed by atoms with Crippen molar-refractivity contribution in [2.24, 2.45) is 11.8 Å². The summed E-state index contributed by atoms with van der Waals surface area (Å²) in [5, 5.41) is 12.2. The van der Waals surface area contributed by atoms with Gasteiger partial charge >= 0.3 is 0 Å². The van der Waals surface area contributed by atoms with Crippen LogP contribution in [0.1, 0.15) is 31.2 Å². The Balaban J connectivity index is 1.69. The molecule has 0 saturated heterocycles. The van der Waals surface area contributed by atoms with Crippen LogP contribution >= 0.6 is 0 Å². The minimum Gasteiger partial charge on any atom is -0.367 e. The molecule has 0 aromatic carbocycles. The average Bonchev–Trinajstić information content (AvgIpc) is 3.19. The number of anilines is 1. The van der Waals surface area contributed by atoms with Gasteiger partial charge in [0.25, 0.3) is 0 Å². The highest BCUT2D eigenvalue weighted by Crippen LogP contribution is 2.45. The SMILES string of the molecule is N#Cc1ccc(NC(C2CC2)C2CC2)nc1. The first-order valence-corrected chi connectivity index (χ1v) is 5.99. The summed E-state index contributed by atoms with van der Waals surface area (Å²) in [6, 6.07) is 6.45. The van der Waals surface area contributed by atoms with E-state index in [1.54, 1.807) is 6.20 Å². The Morgan fingerprint density at radius 2 is 1.94 bits per heavy atom. The van der Waals surface area contributed by atoms with E-state index >= 15 is 0 Å². The monoisotopic (exact) mass is 213 g/mol. The quantitative estimate of drug-likeness (QED) is 0.836. The second-order valence-electron chi connectivity index (χ2n) is 4.89. The van der Waals surface area contributed by atoms with Crippen molar-refractivity contribution < 1.29 is 0 Å². The summed E-state index contributed by atoms with van der Waals surface area (Å²) < 4.78 is 0. The van der Waals surface area contributed by atoms with E-state index in [0.717, 1.165) is 17.7 Å². The van der Waals surface area contributed by atoms with Crippen LogP contribution in [0.25, 0.3) is 0 Å². The molecule has 2 aliphatic carbocycles. The van der Waals surface area contributed by atoms with E-state index in [9.17, 15) is 0 Å². The maximum Gasteiger partial charge on any atom is 0.126 e. The van der Waals surface area contributed by atoms with Gasteiger partial charge in [0.2, 0.25) is 0 Å². The largest absolute Gasteiger partial charge is 0.367 e. The normalized spacial score (nSPS) is 19.5. The van der Waals surface area contributed by atoms with Crippen molar-refractivity contribution >= 4 is 5.82 Å². The van der Waals surface area contributed by atoms with E-state index in [2.05, 4.69) is 16.4 Å². The van der Waals surface area contributed by atoms with Gasteiger partial charge in [0.05, 0.1) is 5.56 Å². The molecule has 0 aliphatic heterocycles. The van der Waals surface area contributed by atoms with E-state index in [4.69, 9.17) is 5.26 Å². The van der Waals surface area contributed by atoms with Gasteiger partial charge in [-0.2, -0.15) is 5.26 Å². The molecule has 1 aromatic heterocycles. The van der Waals surface area contributed by atoms with Crippen LogP contribution in [0.2, 0.25) is 0 Å². The molecule has 0 bridgehead atoms. The number of hydrogen-bond donors (Lipinski definition) is 1. The molecule has 2 aliphatic rings. The summed E-state index contributed by atoms with van der Waals surface area (Å²) in [4.78, 5) is 4.28. The van der Waals surface area contributed by atoms with Crippen LogP contribution in [0, 0.1) is 23.2 Å². The van der Waals surface area contributed by atoms with Crippen LogP contribution in [0.15, 0.2) is 18.3 Å². The molecule has 3 nitrogen and oxygen atoms in total. The zero-order valence-electron chi connectivity index (χ0n) is 9.19. The van der Waals surface area contributed by atoms with E-state index in [1.165, 1.54) is 25.7 Å². The minimum atomic E-state index is 0.625. The van der Waals surface area contributed by atoms with Gasteiger partial charge in [0, 0.05) is 12.2 Å². The van der Waals surface area contributed by atoms with Crippen molar-refractivity contribution in [1.82, 2.24) is 4.98 Å². The summed E-state index contributed by atoms with van der Waals surface area (Å²) in [5.74, 6) is 2.65. The Bertz CT molecular complexity index is 398. The summed E-state index contributed by atoms with van der Waals surface area (Å²) in [6.07, 6.45) is 7.10. The third-order valence-corrected chi connectivity index (χ3v) is 3.47. The Hall–Kier alpha value is -1.56. The van der Waals surface area contributed by atoms with Crippen LogP contribution in [0.3, 0.4) is 0 Å². The fourth-order valence-electron chi connectivity index (χ4n) is 2.25. The molecule has 1 heterocycles. The van der Waals surface area contributed by atoms with E-state index in [-0.39, 0.29) is 0 Å². The van der Waals surface area contributed by atoms with Crippen molar-refractivity contribution in [1.29, 1.82) is 5.26 Å². The second kappa shape index (κ2) is 3.79. The van der Waals surface area contributed by atoms with Gasteiger partial charge in [-0.3, -0.25) is 0 Å². The smallest absolute Gasteiger partial charge is 0.126 e. The van der Waals surface area contributed by atoms with Crippen LogP contribution in [0.5, 0.6) is 0 Å². The molecule has 0 amide bonds. The molecular weight excluding hydrogens is 198 g/mol. The lowest BCUT2D eigenvalue weighted by molar-refractivity contribution is 0.566. The Kier molecular flexibility index (Phi) is 2.28. The summed E-state index contributed by atoms with van der Waals surface area (Å²) >= 11 is 0. The zero-order chi connectivity index (χ0) is 11.0. The van der Waals surface area contributed by atoms with Gasteiger partial charge < -0.3 is 5.32 Å². The Morgan fingerprint density at radius 3 is 2.38 bits per heavy atom. The van der Waals surface area contributed by atoms with E-state index < -0.39 is 0 Å². The lowest BCUT2D eigenvalue weighted by Gasteiger charge is -2.18. The predicted octanol–water partition coefficient (Wildman–Crippen LogP) is 2.55. The average molecular weight is 213 g/mol. The van der Waals surface area contributed by atoms with Gasteiger partial charge in [0.15, 0.2) is 0 Å². The van der Waals surface area contributed by atoms with Gasteiger partial charge in [-0.25, -0.2) is 4.98 Å². The summed E-state index contributed by atoms with van der Waals surface area (Å²) in [5.41, 5.74) is 0.625.